The monoisotopic (exact) mass is 270 g/mol. The average molecular weight is 271 g/mol. The molecule has 0 N–H and O–H groups in total. The number of carbonyl (C=O) groups excluding carboxylic acids is 1. The topological polar surface area (TPSA) is 17.1 Å². The second-order valence-corrected chi connectivity index (χ2v) is 4.05. The van der Waals surface area contributed by atoms with Gasteiger partial charge in [-0.3, -0.25) is 4.79 Å². The number of halogens is 4. The van der Waals surface area contributed by atoms with E-state index in [0.717, 1.165) is 30.3 Å². The second-order valence-electron chi connectivity index (χ2n) is 3.61. The van der Waals surface area contributed by atoms with E-state index in [0.29, 0.717) is 0 Å². The van der Waals surface area contributed by atoms with Gasteiger partial charge < -0.3 is 0 Å². The molecule has 0 aliphatic heterocycles. The molecule has 0 saturated carbocycles. The quantitative estimate of drug-likeness (QED) is 0.754. The van der Waals surface area contributed by atoms with E-state index in [9.17, 15) is 18.0 Å². The summed E-state index contributed by atoms with van der Waals surface area (Å²) >= 11 is 5.59. The van der Waals surface area contributed by atoms with Crippen LogP contribution in [0.15, 0.2) is 36.4 Å². The van der Waals surface area contributed by atoms with Crippen molar-refractivity contribution >= 4 is 17.4 Å². The Kier molecular flexibility index (Phi) is 3.39. The summed E-state index contributed by atoms with van der Waals surface area (Å²) in [7, 11) is 0. The maximum absolute atomic E-state index is 13.4. The van der Waals surface area contributed by atoms with Gasteiger partial charge in [-0.15, -0.1) is 0 Å². The summed E-state index contributed by atoms with van der Waals surface area (Å²) in [5.74, 6) is -3.17. The number of ketones is 1. The molecule has 0 heterocycles. The number of benzene rings is 2. The molecular formula is C13H6ClF3O. The second kappa shape index (κ2) is 4.82. The van der Waals surface area contributed by atoms with Gasteiger partial charge in [-0.2, -0.15) is 0 Å². The van der Waals surface area contributed by atoms with Crippen LogP contribution in [0.2, 0.25) is 5.02 Å². The van der Waals surface area contributed by atoms with Crippen molar-refractivity contribution in [2.45, 2.75) is 0 Å². The molecule has 5 heteroatoms. The molecule has 0 aliphatic rings. The van der Waals surface area contributed by atoms with Gasteiger partial charge in [0.15, 0.2) is 5.78 Å². The van der Waals surface area contributed by atoms with Gasteiger partial charge in [-0.25, -0.2) is 13.2 Å². The molecular weight excluding hydrogens is 265 g/mol. The third-order valence-corrected chi connectivity index (χ3v) is 2.52. The van der Waals surface area contributed by atoms with Gasteiger partial charge in [-0.05, 0) is 36.4 Å². The summed E-state index contributed by atoms with van der Waals surface area (Å²) in [6, 6.07) is 5.61. The van der Waals surface area contributed by atoms with Gasteiger partial charge in [0.25, 0.3) is 0 Å². The molecule has 0 aliphatic carbocycles. The van der Waals surface area contributed by atoms with E-state index in [1.165, 1.54) is 6.07 Å². The highest BCUT2D eigenvalue weighted by molar-refractivity contribution is 6.31. The summed E-state index contributed by atoms with van der Waals surface area (Å²) < 4.78 is 39.4. The Morgan fingerprint density at radius 3 is 2.33 bits per heavy atom. The molecule has 0 saturated heterocycles. The minimum Gasteiger partial charge on any atom is -0.288 e. The van der Waals surface area contributed by atoms with Crippen LogP contribution < -0.4 is 0 Å². The van der Waals surface area contributed by atoms with E-state index in [1.54, 1.807) is 0 Å². The Labute approximate surface area is 106 Å². The molecule has 0 aromatic heterocycles. The minimum absolute atomic E-state index is 0.00941. The van der Waals surface area contributed by atoms with E-state index in [1.807, 2.05) is 0 Å². The van der Waals surface area contributed by atoms with E-state index in [4.69, 9.17) is 11.6 Å². The van der Waals surface area contributed by atoms with Crippen LogP contribution in [-0.2, 0) is 0 Å². The first kappa shape index (κ1) is 12.6. The van der Waals surface area contributed by atoms with Crippen molar-refractivity contribution in [1.29, 1.82) is 0 Å². The highest BCUT2D eigenvalue weighted by Crippen LogP contribution is 2.19. The van der Waals surface area contributed by atoms with Crippen molar-refractivity contribution in [2.24, 2.45) is 0 Å². The first-order chi connectivity index (χ1) is 8.47. The Morgan fingerprint density at radius 1 is 0.944 bits per heavy atom. The number of carbonyl (C=O) groups is 1. The van der Waals surface area contributed by atoms with Gasteiger partial charge in [0.05, 0.1) is 5.56 Å². The van der Waals surface area contributed by atoms with Crippen LogP contribution in [-0.4, -0.2) is 5.78 Å². The molecule has 2 rings (SSSR count). The Balaban J connectivity index is 2.51. The predicted molar refractivity (Wildman–Crippen MR) is 61.2 cm³/mol. The minimum atomic E-state index is -0.873. The lowest BCUT2D eigenvalue weighted by atomic mass is 10.0. The predicted octanol–water partition coefficient (Wildman–Crippen LogP) is 3.99. The lowest BCUT2D eigenvalue weighted by Crippen LogP contribution is -2.05. The lowest BCUT2D eigenvalue weighted by Gasteiger charge is -2.04. The zero-order valence-electron chi connectivity index (χ0n) is 8.88. The van der Waals surface area contributed by atoms with Crippen LogP contribution in [0.3, 0.4) is 0 Å². The highest BCUT2D eigenvalue weighted by atomic mass is 35.5. The number of hydrogen-bond donors (Lipinski definition) is 0. The van der Waals surface area contributed by atoms with Crippen molar-refractivity contribution < 1.29 is 18.0 Å². The summed E-state index contributed by atoms with van der Waals surface area (Å²) in [5.41, 5.74) is -0.596. The normalized spacial score (nSPS) is 10.4. The maximum atomic E-state index is 13.4. The average Bonchev–Trinajstić information content (AvgIpc) is 2.30. The zero-order chi connectivity index (χ0) is 13.3. The van der Waals surface area contributed by atoms with Gasteiger partial charge in [0.1, 0.15) is 17.5 Å². The van der Waals surface area contributed by atoms with Crippen molar-refractivity contribution in [2.75, 3.05) is 0 Å². The zero-order valence-corrected chi connectivity index (χ0v) is 9.64. The molecule has 2 aromatic rings. The van der Waals surface area contributed by atoms with Gasteiger partial charge in [0.2, 0.25) is 0 Å². The first-order valence-corrected chi connectivity index (χ1v) is 5.31. The van der Waals surface area contributed by atoms with Crippen molar-refractivity contribution in [3.63, 3.8) is 0 Å². The fourth-order valence-corrected chi connectivity index (χ4v) is 1.73. The van der Waals surface area contributed by atoms with Crippen molar-refractivity contribution in [1.82, 2.24) is 0 Å². The van der Waals surface area contributed by atoms with E-state index in [-0.39, 0.29) is 10.6 Å². The first-order valence-electron chi connectivity index (χ1n) is 4.93. The van der Waals surface area contributed by atoms with E-state index >= 15 is 0 Å². The van der Waals surface area contributed by atoms with Gasteiger partial charge in [0, 0.05) is 10.6 Å². The van der Waals surface area contributed by atoms with Crippen LogP contribution in [0.5, 0.6) is 0 Å². The van der Waals surface area contributed by atoms with E-state index < -0.39 is 28.8 Å². The maximum Gasteiger partial charge on any atom is 0.196 e. The van der Waals surface area contributed by atoms with Crippen LogP contribution >= 0.6 is 11.6 Å². The Hall–Kier alpha value is -1.81. The molecule has 18 heavy (non-hydrogen) atoms. The molecule has 0 fully saturated rings. The summed E-state index contributed by atoms with van der Waals surface area (Å²) in [4.78, 5) is 11.9. The highest BCUT2D eigenvalue weighted by Gasteiger charge is 2.16. The van der Waals surface area contributed by atoms with Crippen molar-refractivity contribution in [3.05, 3.63) is 70.0 Å². The largest absolute Gasteiger partial charge is 0.288 e. The van der Waals surface area contributed by atoms with Gasteiger partial charge in [-0.1, -0.05) is 11.6 Å². The number of rotatable bonds is 2. The smallest absolute Gasteiger partial charge is 0.196 e. The molecule has 1 nitrogen and oxygen atoms in total. The fourth-order valence-electron chi connectivity index (χ4n) is 1.51. The molecule has 0 bridgehead atoms. The molecule has 2 aromatic carbocycles. The molecule has 92 valence electrons. The molecule has 0 unspecified atom stereocenters. The molecule has 0 amide bonds. The molecule has 0 radical (unpaired) electrons. The van der Waals surface area contributed by atoms with Gasteiger partial charge >= 0.3 is 0 Å². The molecule has 0 atom stereocenters. The SMILES string of the molecule is O=C(c1cc(F)cc(Cl)c1)c1cc(F)ccc1F. The summed E-state index contributed by atoms with van der Waals surface area (Å²) in [5, 5.41) is 0.00941. The fraction of sp³-hybridized carbons (Fsp3) is 0. The summed E-state index contributed by atoms with van der Waals surface area (Å²) in [6.07, 6.45) is 0. The molecule has 0 spiro atoms. The third kappa shape index (κ3) is 2.54. The van der Waals surface area contributed by atoms with Crippen molar-refractivity contribution in [3.8, 4) is 0 Å². The summed E-state index contributed by atoms with van der Waals surface area (Å²) in [6.45, 7) is 0. The Morgan fingerprint density at radius 2 is 1.67 bits per heavy atom. The number of hydrogen-bond acceptors (Lipinski definition) is 1. The van der Waals surface area contributed by atoms with Crippen LogP contribution in [0.4, 0.5) is 13.2 Å². The van der Waals surface area contributed by atoms with Crippen LogP contribution in [0, 0.1) is 17.5 Å². The van der Waals surface area contributed by atoms with Crippen LogP contribution in [0.25, 0.3) is 0 Å². The third-order valence-electron chi connectivity index (χ3n) is 2.30. The standard InChI is InChI=1S/C13H6ClF3O/c14-8-3-7(4-10(16)5-8)13(18)11-6-9(15)1-2-12(11)17/h1-6H. The lowest BCUT2D eigenvalue weighted by molar-refractivity contribution is 0.103. The Bertz CT molecular complexity index is 605. The van der Waals surface area contributed by atoms with Crippen LogP contribution in [0.1, 0.15) is 15.9 Å². The van der Waals surface area contributed by atoms with E-state index in [2.05, 4.69) is 0 Å².